The molecule has 1 N–H and O–H groups in total. The van der Waals surface area contributed by atoms with Crippen LogP contribution in [0, 0.1) is 0 Å². The summed E-state index contributed by atoms with van der Waals surface area (Å²) in [5.41, 5.74) is 4.09. The van der Waals surface area contributed by atoms with Crippen LogP contribution in [0.3, 0.4) is 0 Å². The molecule has 0 aromatic heterocycles. The lowest BCUT2D eigenvalue weighted by atomic mass is 9.88. The first-order valence-electron chi connectivity index (χ1n) is 10.8. The van der Waals surface area contributed by atoms with E-state index in [1.807, 2.05) is 30.3 Å². The predicted octanol–water partition coefficient (Wildman–Crippen LogP) is 5.21. The molecule has 30 heavy (non-hydrogen) atoms. The molecule has 0 bridgehead atoms. The van der Waals surface area contributed by atoms with E-state index in [9.17, 15) is 14.3 Å². The zero-order chi connectivity index (χ0) is 20.9. The van der Waals surface area contributed by atoms with E-state index in [1.165, 1.54) is 0 Å². The highest BCUT2D eigenvalue weighted by Gasteiger charge is 2.26. The van der Waals surface area contributed by atoms with Crippen molar-refractivity contribution < 1.29 is 19.0 Å². The van der Waals surface area contributed by atoms with Crippen LogP contribution in [0.2, 0.25) is 0 Å². The minimum atomic E-state index is -0.922. The van der Waals surface area contributed by atoms with E-state index in [2.05, 4.69) is 17.1 Å². The Balaban J connectivity index is 1.69. The average Bonchev–Trinajstić information content (AvgIpc) is 3.05. The maximum Gasteiger partial charge on any atom is 0.336 e. The Hall–Kier alpha value is -2.66. The van der Waals surface area contributed by atoms with Gasteiger partial charge in [0.1, 0.15) is 11.9 Å². The Morgan fingerprint density at radius 1 is 1.23 bits per heavy atom. The standard InChI is InChI=1S/C25H28FNO3/c26-14-6-15-27-16-13-19(17-27)30-23-10-5-4-9-21(23)24-20-8-3-1-2-7-18(20)11-12-22(24)25(28)29/h2,4-5,7,9-12,19H,1,3,6,8,13-17H2,(H,28,29)/t19-/m0/s1. The summed E-state index contributed by atoms with van der Waals surface area (Å²) in [6, 6.07) is 11.4. The molecule has 1 aliphatic heterocycles. The van der Waals surface area contributed by atoms with Crippen molar-refractivity contribution >= 4 is 12.0 Å². The number of hydrogen-bond acceptors (Lipinski definition) is 3. The van der Waals surface area contributed by atoms with Crippen molar-refractivity contribution in [3.8, 4) is 16.9 Å². The molecule has 2 aliphatic rings. The number of likely N-dealkylation sites (tertiary alicyclic amines) is 1. The topological polar surface area (TPSA) is 49.8 Å². The Kier molecular flexibility index (Phi) is 6.48. The molecular formula is C25H28FNO3. The van der Waals surface area contributed by atoms with Crippen molar-refractivity contribution in [2.24, 2.45) is 0 Å². The highest BCUT2D eigenvalue weighted by Crippen LogP contribution is 2.39. The number of fused-ring (bicyclic) bond motifs is 1. The van der Waals surface area contributed by atoms with Crippen LogP contribution in [0.5, 0.6) is 5.75 Å². The zero-order valence-corrected chi connectivity index (χ0v) is 17.1. The van der Waals surface area contributed by atoms with Crippen LogP contribution in [0.25, 0.3) is 17.2 Å². The Morgan fingerprint density at radius 3 is 2.93 bits per heavy atom. The third-order valence-electron chi connectivity index (χ3n) is 5.96. The van der Waals surface area contributed by atoms with E-state index in [0.717, 1.165) is 73.3 Å². The average molecular weight is 410 g/mol. The summed E-state index contributed by atoms with van der Waals surface area (Å²) < 4.78 is 18.9. The third kappa shape index (κ3) is 4.41. The molecule has 1 aliphatic carbocycles. The Bertz CT molecular complexity index is 940. The number of nitrogens with zero attached hydrogens (tertiary/aromatic N) is 1. The lowest BCUT2D eigenvalue weighted by Crippen LogP contribution is -2.26. The fraction of sp³-hybridized carbons (Fsp3) is 0.400. The number of aromatic carboxylic acids is 1. The molecule has 4 rings (SSSR count). The highest BCUT2D eigenvalue weighted by atomic mass is 19.1. The van der Waals surface area contributed by atoms with E-state index >= 15 is 0 Å². The predicted molar refractivity (Wildman–Crippen MR) is 117 cm³/mol. The summed E-state index contributed by atoms with van der Waals surface area (Å²) in [6.45, 7) is 2.13. The molecule has 0 unspecified atom stereocenters. The number of para-hydroxylation sites is 1. The number of carboxylic acid groups (broad SMARTS) is 1. The zero-order valence-electron chi connectivity index (χ0n) is 17.1. The van der Waals surface area contributed by atoms with Crippen LogP contribution in [0.4, 0.5) is 4.39 Å². The summed E-state index contributed by atoms with van der Waals surface area (Å²) in [7, 11) is 0. The summed E-state index contributed by atoms with van der Waals surface area (Å²) in [6.07, 6.45) is 8.55. The molecule has 4 nitrogen and oxygen atoms in total. The van der Waals surface area contributed by atoms with Gasteiger partial charge in [-0.25, -0.2) is 4.79 Å². The third-order valence-corrected chi connectivity index (χ3v) is 5.96. The van der Waals surface area contributed by atoms with Crippen molar-refractivity contribution in [1.29, 1.82) is 0 Å². The first kappa shape index (κ1) is 20.6. The van der Waals surface area contributed by atoms with Crippen molar-refractivity contribution in [2.75, 3.05) is 26.3 Å². The van der Waals surface area contributed by atoms with Crippen LogP contribution < -0.4 is 4.74 Å². The lowest BCUT2D eigenvalue weighted by molar-refractivity contribution is 0.0697. The van der Waals surface area contributed by atoms with Crippen molar-refractivity contribution in [1.82, 2.24) is 4.90 Å². The molecule has 0 amide bonds. The maximum absolute atomic E-state index is 12.5. The molecule has 0 spiro atoms. The number of carbonyl (C=O) groups is 1. The molecule has 0 radical (unpaired) electrons. The van der Waals surface area contributed by atoms with Gasteiger partial charge in [-0.15, -0.1) is 0 Å². The summed E-state index contributed by atoms with van der Waals surface area (Å²) >= 11 is 0. The lowest BCUT2D eigenvalue weighted by Gasteiger charge is -2.21. The number of alkyl halides is 1. The van der Waals surface area contributed by atoms with E-state index in [-0.39, 0.29) is 12.8 Å². The van der Waals surface area contributed by atoms with Gasteiger partial charge in [-0.05, 0) is 55.4 Å². The van der Waals surface area contributed by atoms with E-state index in [4.69, 9.17) is 4.74 Å². The minimum absolute atomic E-state index is 0.0289. The van der Waals surface area contributed by atoms with Gasteiger partial charge in [-0.2, -0.15) is 0 Å². The number of benzene rings is 2. The van der Waals surface area contributed by atoms with E-state index in [0.29, 0.717) is 12.0 Å². The van der Waals surface area contributed by atoms with Crippen LogP contribution in [-0.2, 0) is 6.42 Å². The second kappa shape index (κ2) is 9.43. The number of ether oxygens (including phenoxy) is 1. The molecule has 2 aromatic carbocycles. The van der Waals surface area contributed by atoms with Gasteiger partial charge >= 0.3 is 5.97 Å². The quantitative estimate of drug-likeness (QED) is 0.682. The largest absolute Gasteiger partial charge is 0.488 e. The summed E-state index contributed by atoms with van der Waals surface area (Å²) in [5.74, 6) is -0.201. The second-order valence-corrected chi connectivity index (χ2v) is 8.02. The van der Waals surface area contributed by atoms with Crippen LogP contribution in [-0.4, -0.2) is 48.4 Å². The Morgan fingerprint density at radius 2 is 2.10 bits per heavy atom. The summed E-state index contributed by atoms with van der Waals surface area (Å²) in [4.78, 5) is 14.3. The first-order valence-corrected chi connectivity index (χ1v) is 10.8. The molecule has 1 saturated heterocycles. The summed E-state index contributed by atoms with van der Waals surface area (Å²) in [5, 5.41) is 9.90. The number of carboxylic acids is 1. The fourth-order valence-electron chi connectivity index (χ4n) is 4.52. The maximum atomic E-state index is 12.5. The van der Waals surface area contributed by atoms with Crippen LogP contribution in [0.15, 0.2) is 42.5 Å². The molecule has 5 heteroatoms. The molecule has 158 valence electrons. The molecule has 1 atom stereocenters. The number of allylic oxidation sites excluding steroid dienone is 1. The molecular weight excluding hydrogens is 381 g/mol. The van der Waals surface area contributed by atoms with Gasteiger partial charge in [-0.3, -0.25) is 9.29 Å². The molecule has 2 aromatic rings. The van der Waals surface area contributed by atoms with Gasteiger partial charge in [-0.1, -0.05) is 36.4 Å². The van der Waals surface area contributed by atoms with Crippen molar-refractivity contribution in [3.05, 3.63) is 59.2 Å². The normalized spacial score (nSPS) is 18.8. The smallest absolute Gasteiger partial charge is 0.336 e. The van der Waals surface area contributed by atoms with Gasteiger partial charge in [0, 0.05) is 30.8 Å². The van der Waals surface area contributed by atoms with Crippen LogP contribution in [0.1, 0.15) is 47.2 Å². The van der Waals surface area contributed by atoms with Crippen LogP contribution >= 0.6 is 0 Å². The molecule has 0 saturated carbocycles. The first-order chi connectivity index (χ1) is 14.7. The van der Waals surface area contributed by atoms with E-state index < -0.39 is 5.97 Å². The van der Waals surface area contributed by atoms with Gasteiger partial charge in [0.2, 0.25) is 0 Å². The minimum Gasteiger partial charge on any atom is -0.488 e. The number of rotatable bonds is 7. The highest BCUT2D eigenvalue weighted by molar-refractivity contribution is 5.99. The Labute approximate surface area is 177 Å². The number of halogens is 1. The SMILES string of the molecule is O=C(O)c1ccc2c(c1-c1ccccc1O[C@H]1CCN(CCCF)C1)CCCC=C2. The van der Waals surface area contributed by atoms with Crippen molar-refractivity contribution in [3.63, 3.8) is 0 Å². The second-order valence-electron chi connectivity index (χ2n) is 8.02. The fourth-order valence-corrected chi connectivity index (χ4v) is 4.52. The van der Waals surface area contributed by atoms with Gasteiger partial charge in [0.15, 0.2) is 0 Å². The van der Waals surface area contributed by atoms with Gasteiger partial charge < -0.3 is 9.84 Å². The molecule has 1 fully saturated rings. The monoisotopic (exact) mass is 409 g/mol. The van der Waals surface area contributed by atoms with Gasteiger partial charge in [0.25, 0.3) is 0 Å². The van der Waals surface area contributed by atoms with E-state index in [1.54, 1.807) is 6.07 Å². The molecule has 1 heterocycles. The van der Waals surface area contributed by atoms with Gasteiger partial charge in [0.05, 0.1) is 12.2 Å². The number of hydrogen-bond donors (Lipinski definition) is 1. The van der Waals surface area contributed by atoms with Crippen molar-refractivity contribution in [2.45, 2.75) is 38.2 Å².